The van der Waals surface area contributed by atoms with Crippen LogP contribution in [0, 0.1) is 0 Å². The fraction of sp³-hybridized carbons (Fsp3) is 0.467. The summed E-state index contributed by atoms with van der Waals surface area (Å²) in [4.78, 5) is 26.3. The predicted octanol–water partition coefficient (Wildman–Crippen LogP) is 0.419. The molecule has 1 aliphatic heterocycles. The van der Waals surface area contributed by atoms with Crippen molar-refractivity contribution >= 4 is 11.8 Å². The molecule has 0 aromatic heterocycles. The Balaban J connectivity index is 2.09. The van der Waals surface area contributed by atoms with Crippen LogP contribution < -0.4 is 4.74 Å². The normalized spacial score (nSPS) is 17.1. The molecule has 1 unspecified atom stereocenters. The van der Waals surface area contributed by atoms with E-state index in [4.69, 9.17) is 4.74 Å². The van der Waals surface area contributed by atoms with Gasteiger partial charge in [0.2, 0.25) is 0 Å². The number of benzene rings is 1. The molecule has 6 nitrogen and oxygen atoms in total. The van der Waals surface area contributed by atoms with Crippen molar-refractivity contribution < 1.29 is 19.4 Å². The number of nitrogens with zero attached hydrogens (tertiary/aromatic N) is 2. The van der Waals surface area contributed by atoms with E-state index in [1.807, 2.05) is 13.0 Å². The summed E-state index contributed by atoms with van der Waals surface area (Å²) in [6, 6.07) is 7.17. The Hall–Kier alpha value is -2.08. The summed E-state index contributed by atoms with van der Waals surface area (Å²) in [5.74, 6) is -0.511. The molecule has 1 aliphatic rings. The van der Waals surface area contributed by atoms with Gasteiger partial charge in [-0.25, -0.2) is 0 Å². The van der Waals surface area contributed by atoms with Crippen LogP contribution in [0.5, 0.6) is 5.75 Å². The second-order valence-electron chi connectivity index (χ2n) is 4.96. The predicted molar refractivity (Wildman–Crippen MR) is 76.8 cm³/mol. The molecule has 21 heavy (non-hydrogen) atoms. The minimum absolute atomic E-state index is 0.0858. The Morgan fingerprint density at radius 3 is 2.67 bits per heavy atom. The monoisotopic (exact) mass is 292 g/mol. The number of rotatable bonds is 5. The second kappa shape index (κ2) is 6.58. The van der Waals surface area contributed by atoms with Crippen LogP contribution in [0.3, 0.4) is 0 Å². The van der Waals surface area contributed by atoms with Crippen LogP contribution in [0.2, 0.25) is 0 Å². The number of aliphatic hydroxyl groups is 1. The lowest BCUT2D eigenvalue weighted by atomic mass is 10.1. The van der Waals surface area contributed by atoms with E-state index in [2.05, 4.69) is 0 Å². The zero-order valence-electron chi connectivity index (χ0n) is 12.3. The third-order valence-corrected chi connectivity index (χ3v) is 3.49. The first-order valence-corrected chi connectivity index (χ1v) is 6.98. The van der Waals surface area contributed by atoms with Gasteiger partial charge in [-0.05, 0) is 13.0 Å². The molecule has 2 rings (SSSR count). The summed E-state index contributed by atoms with van der Waals surface area (Å²) in [7, 11) is 1.60. The van der Waals surface area contributed by atoms with E-state index in [0.717, 1.165) is 0 Å². The number of para-hydroxylation sites is 1. The minimum Gasteiger partial charge on any atom is -0.493 e. The van der Waals surface area contributed by atoms with Gasteiger partial charge in [-0.15, -0.1) is 0 Å². The summed E-state index contributed by atoms with van der Waals surface area (Å²) in [6.45, 7) is 3.35. The highest BCUT2D eigenvalue weighted by molar-refractivity contribution is 6.35. The molecular formula is C15H20N2O4. The maximum Gasteiger partial charge on any atom is 0.312 e. The molecule has 1 aromatic carbocycles. The minimum atomic E-state index is -0.882. The largest absolute Gasteiger partial charge is 0.493 e. The Morgan fingerprint density at radius 1 is 1.24 bits per heavy atom. The number of β-amino-alcohol motifs (C(OH)–C–C–N with tert-alkyl or cyclic N) is 1. The molecule has 1 N–H and O–H groups in total. The zero-order chi connectivity index (χ0) is 15.4. The van der Waals surface area contributed by atoms with Crippen LogP contribution in [-0.4, -0.2) is 60.0 Å². The van der Waals surface area contributed by atoms with Gasteiger partial charge in [0, 0.05) is 25.7 Å². The molecule has 0 saturated carbocycles. The fourth-order valence-electron chi connectivity index (χ4n) is 2.30. The topological polar surface area (TPSA) is 70.1 Å². The Bertz CT molecular complexity index is 532. The quantitative estimate of drug-likeness (QED) is 0.799. The lowest BCUT2D eigenvalue weighted by Gasteiger charge is -2.32. The lowest BCUT2D eigenvalue weighted by Crippen LogP contribution is -2.53. The number of aliphatic hydroxyl groups excluding tert-OH is 1. The summed E-state index contributed by atoms with van der Waals surface area (Å²) in [6.07, 6.45) is -0.882. The first-order valence-electron chi connectivity index (χ1n) is 6.98. The van der Waals surface area contributed by atoms with Crippen LogP contribution in [0.4, 0.5) is 0 Å². The van der Waals surface area contributed by atoms with Gasteiger partial charge in [-0.2, -0.15) is 0 Å². The van der Waals surface area contributed by atoms with Crippen molar-refractivity contribution in [2.45, 2.75) is 13.0 Å². The van der Waals surface area contributed by atoms with Crippen molar-refractivity contribution in [2.24, 2.45) is 0 Å². The summed E-state index contributed by atoms with van der Waals surface area (Å²) in [5.41, 5.74) is 0.624. The number of hydrogen-bond acceptors (Lipinski definition) is 4. The van der Waals surface area contributed by atoms with Crippen LogP contribution in [0.25, 0.3) is 0 Å². The maximum absolute atomic E-state index is 11.9. The van der Waals surface area contributed by atoms with Crippen molar-refractivity contribution in [2.75, 3.05) is 33.3 Å². The van der Waals surface area contributed by atoms with E-state index in [-0.39, 0.29) is 6.54 Å². The third kappa shape index (κ3) is 3.33. The van der Waals surface area contributed by atoms with Crippen molar-refractivity contribution in [3.05, 3.63) is 29.8 Å². The first-order chi connectivity index (χ1) is 10.0. The van der Waals surface area contributed by atoms with E-state index < -0.39 is 17.9 Å². The zero-order valence-corrected chi connectivity index (χ0v) is 12.3. The number of piperazine rings is 1. The molecule has 114 valence electrons. The SMILES string of the molecule is CCOc1ccccc1C(O)CN1CCN(C)C(=O)C1=O. The highest BCUT2D eigenvalue weighted by atomic mass is 16.5. The highest BCUT2D eigenvalue weighted by Gasteiger charge is 2.31. The van der Waals surface area contributed by atoms with Crippen molar-refractivity contribution in [1.82, 2.24) is 9.80 Å². The second-order valence-corrected chi connectivity index (χ2v) is 4.96. The van der Waals surface area contributed by atoms with Gasteiger partial charge in [-0.1, -0.05) is 18.2 Å². The van der Waals surface area contributed by atoms with E-state index >= 15 is 0 Å². The molecule has 0 spiro atoms. The van der Waals surface area contributed by atoms with Crippen molar-refractivity contribution in [3.8, 4) is 5.75 Å². The summed E-state index contributed by atoms with van der Waals surface area (Å²) in [5, 5.41) is 10.4. The first kappa shape index (κ1) is 15.3. The molecule has 1 atom stereocenters. The molecule has 2 amide bonds. The molecule has 0 radical (unpaired) electrons. The molecule has 1 aromatic rings. The van der Waals surface area contributed by atoms with E-state index in [1.54, 1.807) is 25.2 Å². The fourth-order valence-corrected chi connectivity index (χ4v) is 2.30. The molecule has 6 heteroatoms. The number of hydrogen-bond donors (Lipinski definition) is 1. The van der Waals surface area contributed by atoms with Gasteiger partial charge in [-0.3, -0.25) is 9.59 Å². The van der Waals surface area contributed by atoms with Crippen molar-refractivity contribution in [3.63, 3.8) is 0 Å². The van der Waals surface area contributed by atoms with Gasteiger partial charge in [0.25, 0.3) is 0 Å². The molecular weight excluding hydrogens is 272 g/mol. The lowest BCUT2D eigenvalue weighted by molar-refractivity contribution is -0.155. The molecule has 1 saturated heterocycles. The number of carbonyl (C=O) groups is 2. The summed E-state index contributed by atoms with van der Waals surface area (Å²) < 4.78 is 5.47. The molecule has 1 heterocycles. The maximum atomic E-state index is 11.9. The van der Waals surface area contributed by atoms with E-state index in [9.17, 15) is 14.7 Å². The van der Waals surface area contributed by atoms with Gasteiger partial charge in [0.05, 0.1) is 13.2 Å². The van der Waals surface area contributed by atoms with E-state index in [1.165, 1.54) is 9.80 Å². The molecule has 0 bridgehead atoms. The standard InChI is InChI=1S/C15H20N2O4/c1-3-21-13-7-5-4-6-11(13)12(18)10-17-9-8-16(2)14(19)15(17)20/h4-7,12,18H,3,8-10H2,1-2H3. The average molecular weight is 292 g/mol. The summed E-state index contributed by atoms with van der Waals surface area (Å²) >= 11 is 0. The van der Waals surface area contributed by atoms with Gasteiger partial charge in [0.15, 0.2) is 0 Å². The van der Waals surface area contributed by atoms with Gasteiger partial charge >= 0.3 is 11.8 Å². The molecule has 0 aliphatic carbocycles. The number of likely N-dealkylation sites (N-methyl/N-ethyl adjacent to an activating group) is 1. The Labute approximate surface area is 123 Å². The van der Waals surface area contributed by atoms with Gasteiger partial charge in [0.1, 0.15) is 11.9 Å². The highest BCUT2D eigenvalue weighted by Crippen LogP contribution is 2.26. The Kier molecular flexibility index (Phi) is 4.80. The van der Waals surface area contributed by atoms with Crippen molar-refractivity contribution in [1.29, 1.82) is 0 Å². The van der Waals surface area contributed by atoms with Crippen LogP contribution in [0.15, 0.2) is 24.3 Å². The van der Waals surface area contributed by atoms with Crippen LogP contribution >= 0.6 is 0 Å². The van der Waals surface area contributed by atoms with Crippen LogP contribution in [0.1, 0.15) is 18.6 Å². The van der Waals surface area contributed by atoms with Crippen LogP contribution in [-0.2, 0) is 9.59 Å². The van der Waals surface area contributed by atoms with Gasteiger partial charge < -0.3 is 19.6 Å². The molecule has 1 fully saturated rings. The number of ether oxygens (including phenoxy) is 1. The third-order valence-electron chi connectivity index (χ3n) is 3.49. The average Bonchev–Trinajstić information content (AvgIpc) is 2.49. The number of amides is 2. The number of carbonyl (C=O) groups excluding carboxylic acids is 2. The smallest absolute Gasteiger partial charge is 0.312 e. The van der Waals surface area contributed by atoms with E-state index in [0.29, 0.717) is 31.0 Å². The Morgan fingerprint density at radius 2 is 1.95 bits per heavy atom.